The van der Waals surface area contributed by atoms with Gasteiger partial charge in [0.1, 0.15) is 5.82 Å². The van der Waals surface area contributed by atoms with Crippen LogP contribution in [0.1, 0.15) is 75.3 Å². The lowest BCUT2D eigenvalue weighted by Crippen LogP contribution is -2.46. The summed E-state index contributed by atoms with van der Waals surface area (Å²) in [5.74, 6) is -1.36. The molecule has 1 fully saturated rings. The lowest BCUT2D eigenvalue weighted by atomic mass is 9.94. The van der Waals surface area contributed by atoms with Crippen LogP contribution in [0, 0.1) is 5.82 Å². The third-order valence-electron chi connectivity index (χ3n) is 8.94. The number of nitrogens with zero attached hydrogens (tertiary/aromatic N) is 2. The summed E-state index contributed by atoms with van der Waals surface area (Å²) < 4.78 is 29.2. The molecule has 0 radical (unpaired) electrons. The number of hydrogen-bond acceptors (Lipinski definition) is 4. The second-order valence-electron chi connectivity index (χ2n) is 13.4. The Balaban J connectivity index is 1.41. The molecule has 0 aliphatic carbocycles. The third kappa shape index (κ3) is 7.45. The molecular weight excluding hydrogens is 605 g/mol. The first kappa shape index (κ1) is 33.4. The predicted octanol–water partition coefficient (Wildman–Crippen LogP) is 8.77. The van der Waals surface area contributed by atoms with Gasteiger partial charge in [0.25, 0.3) is 5.91 Å². The third-order valence-corrected chi connectivity index (χ3v) is 8.94. The van der Waals surface area contributed by atoms with Crippen molar-refractivity contribution < 1.29 is 23.5 Å². The van der Waals surface area contributed by atoms with Crippen LogP contribution in [0.3, 0.4) is 0 Å². The molecule has 48 heavy (non-hydrogen) atoms. The van der Waals surface area contributed by atoms with E-state index in [2.05, 4.69) is 23.7 Å². The van der Waals surface area contributed by atoms with E-state index < -0.39 is 5.79 Å². The Morgan fingerprint density at radius 1 is 0.917 bits per heavy atom. The summed E-state index contributed by atoms with van der Waals surface area (Å²) in [5.41, 5.74) is 5.54. The first-order valence-electron chi connectivity index (χ1n) is 16.9. The predicted molar refractivity (Wildman–Crippen MR) is 187 cm³/mol. The van der Waals surface area contributed by atoms with Gasteiger partial charge in [-0.2, -0.15) is 0 Å². The van der Waals surface area contributed by atoms with Crippen LogP contribution in [0.2, 0.25) is 0 Å². The van der Waals surface area contributed by atoms with Gasteiger partial charge in [0, 0.05) is 42.7 Å². The number of para-hydroxylation sites is 1. The Labute approximate surface area is 282 Å². The number of rotatable bonds is 10. The fraction of sp³-hybridized carbons (Fsp3) is 0.350. The van der Waals surface area contributed by atoms with Gasteiger partial charge in [0.05, 0.1) is 29.9 Å². The zero-order valence-electron chi connectivity index (χ0n) is 28.1. The molecule has 250 valence electrons. The van der Waals surface area contributed by atoms with E-state index in [4.69, 9.17) is 9.47 Å². The van der Waals surface area contributed by atoms with Crippen LogP contribution < -0.4 is 5.32 Å². The second kappa shape index (κ2) is 14.3. The summed E-state index contributed by atoms with van der Waals surface area (Å²) in [5, 5.41) is 3.13. The highest BCUT2D eigenvalue weighted by Gasteiger charge is 2.38. The van der Waals surface area contributed by atoms with Gasteiger partial charge in [0.2, 0.25) is 5.91 Å². The van der Waals surface area contributed by atoms with Gasteiger partial charge < -0.3 is 24.3 Å². The maximum atomic E-state index is 14.4. The normalized spacial score (nSPS) is 18.8. The molecule has 1 saturated heterocycles. The molecule has 8 heteroatoms. The van der Waals surface area contributed by atoms with Crippen LogP contribution in [-0.4, -0.2) is 45.8 Å². The number of anilines is 1. The van der Waals surface area contributed by atoms with E-state index in [1.165, 1.54) is 12.1 Å². The number of benzene rings is 3. The van der Waals surface area contributed by atoms with Crippen molar-refractivity contribution in [3.05, 3.63) is 114 Å². The zero-order valence-corrected chi connectivity index (χ0v) is 28.1. The molecule has 6 rings (SSSR count). The maximum Gasteiger partial charge on any atom is 0.258 e. The fourth-order valence-electron chi connectivity index (χ4n) is 7.01. The van der Waals surface area contributed by atoms with E-state index >= 15 is 0 Å². The van der Waals surface area contributed by atoms with Crippen molar-refractivity contribution in [2.45, 2.75) is 83.8 Å². The molecule has 0 unspecified atom stereocenters. The smallest absolute Gasteiger partial charge is 0.258 e. The van der Waals surface area contributed by atoms with Gasteiger partial charge in [-0.1, -0.05) is 68.5 Å². The fourth-order valence-corrected chi connectivity index (χ4v) is 7.01. The standard InChI is InChI=1S/C40H44FN3O4/c1-27(2)37-36(39(46)42-31-15-9-6-10-16-31)35(28-13-7-5-8-14-28)38(29-17-19-30(41)20-18-29)44(37)24-21-32-25-33(48-40(3,4)47-32)26-34(45)43-22-11-12-23-43/h5-11,13-20,22,27,32-33H,12,21,23-26H2,1-4H3,(H,42,46)/t32-,33-/m1/s1. The Kier molecular flexibility index (Phi) is 9.94. The van der Waals surface area contributed by atoms with E-state index in [1.54, 1.807) is 17.0 Å². The minimum absolute atomic E-state index is 0.0240. The number of hydrogen-bond donors (Lipinski definition) is 1. The summed E-state index contributed by atoms with van der Waals surface area (Å²) in [6, 6.07) is 25.8. The molecule has 2 amide bonds. The van der Waals surface area contributed by atoms with E-state index in [0.717, 1.165) is 34.5 Å². The van der Waals surface area contributed by atoms with Crippen molar-refractivity contribution in [2.24, 2.45) is 0 Å². The molecule has 0 saturated carbocycles. The van der Waals surface area contributed by atoms with Crippen molar-refractivity contribution in [1.82, 2.24) is 9.47 Å². The number of halogens is 1. The zero-order chi connectivity index (χ0) is 33.8. The summed E-state index contributed by atoms with van der Waals surface area (Å²) in [4.78, 5) is 29.1. The number of ether oxygens (including phenoxy) is 2. The van der Waals surface area contributed by atoms with E-state index in [9.17, 15) is 14.0 Å². The largest absolute Gasteiger partial charge is 0.347 e. The highest BCUT2D eigenvalue weighted by atomic mass is 19.1. The van der Waals surface area contributed by atoms with Crippen LogP contribution in [-0.2, 0) is 20.8 Å². The van der Waals surface area contributed by atoms with Crippen molar-refractivity contribution in [1.29, 1.82) is 0 Å². The molecule has 2 aliphatic rings. The van der Waals surface area contributed by atoms with Gasteiger partial charge in [-0.25, -0.2) is 4.39 Å². The second-order valence-corrected chi connectivity index (χ2v) is 13.4. The molecule has 3 aromatic carbocycles. The Morgan fingerprint density at radius 2 is 1.58 bits per heavy atom. The summed E-state index contributed by atoms with van der Waals surface area (Å²) in [7, 11) is 0. The molecule has 3 heterocycles. The molecule has 0 spiro atoms. The minimum atomic E-state index is -0.859. The van der Waals surface area contributed by atoms with Crippen molar-refractivity contribution in [2.75, 3.05) is 11.9 Å². The average molecular weight is 650 g/mol. The topological polar surface area (TPSA) is 72.8 Å². The molecular formula is C40H44FN3O4. The number of aromatic nitrogens is 1. The lowest BCUT2D eigenvalue weighted by Gasteiger charge is -2.41. The van der Waals surface area contributed by atoms with Crippen molar-refractivity contribution in [3.63, 3.8) is 0 Å². The van der Waals surface area contributed by atoms with Gasteiger partial charge in [0.15, 0.2) is 5.79 Å². The van der Waals surface area contributed by atoms with Gasteiger partial charge >= 0.3 is 0 Å². The van der Waals surface area contributed by atoms with Crippen LogP contribution in [0.4, 0.5) is 10.1 Å². The summed E-state index contributed by atoms with van der Waals surface area (Å²) in [6.07, 6.45) is 5.75. The molecule has 1 aromatic heterocycles. The van der Waals surface area contributed by atoms with Crippen molar-refractivity contribution in [3.8, 4) is 22.4 Å². The summed E-state index contributed by atoms with van der Waals surface area (Å²) in [6.45, 7) is 9.22. The Bertz CT molecular complexity index is 1760. The Hall–Kier alpha value is -4.53. The number of nitrogens with one attached hydrogen (secondary N) is 1. The highest BCUT2D eigenvalue weighted by molar-refractivity contribution is 6.12. The first-order valence-corrected chi connectivity index (χ1v) is 16.9. The quantitative estimate of drug-likeness (QED) is 0.186. The average Bonchev–Trinajstić information content (AvgIpc) is 3.72. The van der Waals surface area contributed by atoms with Crippen LogP contribution >= 0.6 is 0 Å². The van der Waals surface area contributed by atoms with Gasteiger partial charge in [-0.15, -0.1) is 0 Å². The van der Waals surface area contributed by atoms with Crippen molar-refractivity contribution >= 4 is 17.5 Å². The monoisotopic (exact) mass is 649 g/mol. The molecule has 4 aromatic rings. The number of amides is 2. The maximum absolute atomic E-state index is 14.4. The van der Waals surface area contributed by atoms with Crippen LogP contribution in [0.5, 0.6) is 0 Å². The molecule has 0 bridgehead atoms. The highest BCUT2D eigenvalue weighted by Crippen LogP contribution is 2.43. The van der Waals surface area contributed by atoms with E-state index in [-0.39, 0.29) is 42.2 Å². The van der Waals surface area contributed by atoms with Gasteiger partial charge in [-0.3, -0.25) is 9.59 Å². The molecule has 2 aliphatic heterocycles. The van der Waals surface area contributed by atoms with Gasteiger partial charge in [-0.05, 0) is 80.1 Å². The SMILES string of the molecule is CC(C)c1c(C(=O)Nc2ccccc2)c(-c2ccccc2)c(-c2ccc(F)cc2)n1CC[C@@H]1C[C@H](CC(=O)N2C=CCC2)OC(C)(C)O1. The first-order chi connectivity index (χ1) is 23.1. The molecule has 7 nitrogen and oxygen atoms in total. The molecule has 2 atom stereocenters. The Morgan fingerprint density at radius 3 is 2.23 bits per heavy atom. The van der Waals surface area contributed by atoms with E-state index in [1.807, 2.05) is 86.8 Å². The van der Waals surface area contributed by atoms with Crippen LogP contribution in [0.15, 0.2) is 97.2 Å². The molecule has 1 N–H and O–H groups in total. The lowest BCUT2D eigenvalue weighted by molar-refractivity contribution is -0.300. The minimum Gasteiger partial charge on any atom is -0.347 e. The van der Waals surface area contributed by atoms with Crippen LogP contribution in [0.25, 0.3) is 22.4 Å². The number of carbonyl (C=O) groups excluding carboxylic acids is 2. The number of carbonyl (C=O) groups is 2. The van der Waals surface area contributed by atoms with E-state index in [0.29, 0.717) is 37.2 Å². The summed E-state index contributed by atoms with van der Waals surface area (Å²) >= 11 is 0.